The van der Waals surface area contributed by atoms with E-state index in [0.29, 0.717) is 26.8 Å². The lowest BCUT2D eigenvalue weighted by molar-refractivity contribution is -0.113. The number of nitrogens with zero attached hydrogens (tertiary/aromatic N) is 4. The number of carbonyl (C=O) groups is 1. The van der Waals surface area contributed by atoms with Crippen LogP contribution in [0.15, 0.2) is 11.2 Å². The van der Waals surface area contributed by atoms with Gasteiger partial charge in [-0.1, -0.05) is 54.2 Å². The van der Waals surface area contributed by atoms with Crippen LogP contribution in [0, 0.1) is 6.92 Å². The van der Waals surface area contributed by atoms with E-state index in [-0.39, 0.29) is 17.5 Å². The highest BCUT2D eigenvalue weighted by molar-refractivity contribution is 7.99. The van der Waals surface area contributed by atoms with Gasteiger partial charge in [0.25, 0.3) is 0 Å². The largest absolute Gasteiger partial charge is 0.336 e. The summed E-state index contributed by atoms with van der Waals surface area (Å²) in [4.78, 5) is 16.4. The molecule has 3 N–H and O–H groups in total. The van der Waals surface area contributed by atoms with Crippen LogP contribution in [0.25, 0.3) is 0 Å². The summed E-state index contributed by atoms with van der Waals surface area (Å²) in [6.45, 7) is 1.74. The molecule has 2 aromatic heterocycles. The zero-order valence-electron chi connectivity index (χ0n) is 14.3. The molecular weight excluding hydrogens is 395 g/mol. The molecule has 10 heteroatoms. The first-order chi connectivity index (χ1) is 12.5. The third-order valence-corrected chi connectivity index (χ3v) is 5.97. The Kier molecular flexibility index (Phi) is 6.26. The molecule has 0 aliphatic heterocycles. The molecule has 3 rings (SSSR count). The third kappa shape index (κ3) is 4.42. The summed E-state index contributed by atoms with van der Waals surface area (Å²) in [6.07, 6.45) is 5.81. The predicted octanol–water partition coefficient (Wildman–Crippen LogP) is 3.78. The van der Waals surface area contributed by atoms with E-state index in [9.17, 15) is 4.79 Å². The number of aryl methyl sites for hydroxylation is 1. The second kappa shape index (κ2) is 8.45. The summed E-state index contributed by atoms with van der Waals surface area (Å²) in [5.74, 6) is 7.43. The number of halogens is 2. The Labute approximate surface area is 166 Å². The molecule has 7 nitrogen and oxygen atoms in total. The number of nitrogen functional groups attached to an aromatic ring is 1. The first-order valence-corrected chi connectivity index (χ1v) is 10.2. The smallest absolute Gasteiger partial charge is 0.236 e. The lowest BCUT2D eigenvalue weighted by Gasteiger charge is -2.20. The van der Waals surface area contributed by atoms with Crippen molar-refractivity contribution in [3.05, 3.63) is 27.6 Å². The van der Waals surface area contributed by atoms with Crippen molar-refractivity contribution < 1.29 is 4.79 Å². The second-order valence-electron chi connectivity index (χ2n) is 6.27. The third-order valence-electron chi connectivity index (χ3n) is 4.36. The van der Waals surface area contributed by atoms with Crippen LogP contribution in [0.2, 0.25) is 10.0 Å². The number of nitrogens with two attached hydrogens (primary N) is 1. The molecule has 0 atom stereocenters. The van der Waals surface area contributed by atoms with Gasteiger partial charge in [-0.25, -0.2) is 9.66 Å². The van der Waals surface area contributed by atoms with Crippen molar-refractivity contribution in [2.75, 3.05) is 16.9 Å². The fourth-order valence-electron chi connectivity index (χ4n) is 2.97. The van der Waals surface area contributed by atoms with Crippen LogP contribution in [0.1, 0.15) is 49.5 Å². The molecule has 0 spiro atoms. The molecule has 26 heavy (non-hydrogen) atoms. The van der Waals surface area contributed by atoms with E-state index in [4.69, 9.17) is 29.0 Å². The zero-order valence-corrected chi connectivity index (χ0v) is 16.7. The van der Waals surface area contributed by atoms with E-state index in [1.807, 2.05) is 0 Å². The molecule has 1 fully saturated rings. The normalized spacial score (nSPS) is 15.2. The van der Waals surface area contributed by atoms with Crippen LogP contribution in [-0.4, -0.2) is 31.5 Å². The van der Waals surface area contributed by atoms with Crippen molar-refractivity contribution in [2.45, 2.75) is 50.1 Å². The van der Waals surface area contributed by atoms with Crippen LogP contribution in [0.3, 0.4) is 0 Å². The maximum atomic E-state index is 12.2. The number of rotatable bonds is 5. The average Bonchev–Trinajstić information content (AvgIpc) is 2.99. The van der Waals surface area contributed by atoms with Crippen LogP contribution < -0.4 is 11.2 Å². The Morgan fingerprint density at radius 2 is 2.04 bits per heavy atom. The SMILES string of the molecule is Cc1nc(NC(=O)CSc2nnc(C3CCCCC3)n2N)c(Cl)cc1Cl. The van der Waals surface area contributed by atoms with Crippen LogP contribution in [-0.2, 0) is 4.79 Å². The minimum atomic E-state index is -0.256. The summed E-state index contributed by atoms with van der Waals surface area (Å²) in [7, 11) is 0. The van der Waals surface area contributed by atoms with Crippen molar-refractivity contribution in [3.63, 3.8) is 0 Å². The molecule has 0 bridgehead atoms. The Bertz CT molecular complexity index is 806. The number of aromatic nitrogens is 4. The topological polar surface area (TPSA) is 98.7 Å². The Hall–Kier alpha value is -1.51. The summed E-state index contributed by atoms with van der Waals surface area (Å²) < 4.78 is 1.51. The maximum Gasteiger partial charge on any atom is 0.236 e. The molecule has 1 saturated carbocycles. The van der Waals surface area contributed by atoms with Gasteiger partial charge in [0.15, 0.2) is 11.6 Å². The molecule has 1 amide bonds. The molecule has 140 valence electrons. The van der Waals surface area contributed by atoms with Gasteiger partial charge < -0.3 is 11.2 Å². The van der Waals surface area contributed by atoms with Gasteiger partial charge >= 0.3 is 0 Å². The van der Waals surface area contributed by atoms with Gasteiger partial charge in [-0.3, -0.25) is 4.79 Å². The van der Waals surface area contributed by atoms with Crippen molar-refractivity contribution >= 4 is 46.7 Å². The van der Waals surface area contributed by atoms with E-state index in [1.54, 1.807) is 13.0 Å². The maximum absolute atomic E-state index is 12.2. The summed E-state index contributed by atoms with van der Waals surface area (Å²) >= 11 is 13.2. The van der Waals surface area contributed by atoms with Crippen LogP contribution in [0.4, 0.5) is 5.82 Å². The monoisotopic (exact) mass is 414 g/mol. The van der Waals surface area contributed by atoms with Crippen molar-refractivity contribution in [2.24, 2.45) is 0 Å². The first kappa shape index (κ1) is 19.3. The number of carbonyl (C=O) groups excluding carboxylic acids is 1. The van der Waals surface area contributed by atoms with Gasteiger partial charge in [0.1, 0.15) is 0 Å². The van der Waals surface area contributed by atoms with Gasteiger partial charge in [0, 0.05) is 5.92 Å². The van der Waals surface area contributed by atoms with Gasteiger partial charge in [-0.05, 0) is 25.8 Å². The quantitative estimate of drug-likeness (QED) is 0.570. The minimum Gasteiger partial charge on any atom is -0.336 e. The van der Waals surface area contributed by atoms with Crippen LogP contribution in [0.5, 0.6) is 0 Å². The van der Waals surface area contributed by atoms with E-state index >= 15 is 0 Å². The predicted molar refractivity (Wildman–Crippen MR) is 104 cm³/mol. The fraction of sp³-hybridized carbons (Fsp3) is 0.500. The number of anilines is 1. The Morgan fingerprint density at radius 1 is 1.31 bits per heavy atom. The van der Waals surface area contributed by atoms with E-state index in [2.05, 4.69) is 20.5 Å². The molecular formula is C16H20Cl2N6OS. The highest BCUT2D eigenvalue weighted by atomic mass is 35.5. The highest BCUT2D eigenvalue weighted by Crippen LogP contribution is 2.32. The minimum absolute atomic E-state index is 0.125. The van der Waals surface area contributed by atoms with Crippen molar-refractivity contribution in [1.29, 1.82) is 0 Å². The lowest BCUT2D eigenvalue weighted by Crippen LogP contribution is -2.20. The molecule has 0 saturated heterocycles. The number of thioether (sulfide) groups is 1. The number of hydrogen-bond acceptors (Lipinski definition) is 6. The Morgan fingerprint density at radius 3 is 2.77 bits per heavy atom. The summed E-state index contributed by atoms with van der Waals surface area (Å²) in [6, 6.07) is 1.56. The van der Waals surface area contributed by atoms with Gasteiger partial charge in [0.2, 0.25) is 11.1 Å². The summed E-state index contributed by atoms with van der Waals surface area (Å²) in [5, 5.41) is 12.3. The van der Waals surface area contributed by atoms with Crippen molar-refractivity contribution in [1.82, 2.24) is 19.9 Å². The standard InChI is InChI=1S/C16H20Cl2N6OS/c1-9-11(17)7-12(18)14(20-9)21-13(25)8-26-16-23-22-15(24(16)19)10-5-3-2-4-6-10/h7,10H,2-6,8,19H2,1H3,(H,20,21,25). The van der Waals surface area contributed by atoms with Crippen molar-refractivity contribution in [3.8, 4) is 0 Å². The average molecular weight is 415 g/mol. The zero-order chi connectivity index (χ0) is 18.7. The van der Waals surface area contributed by atoms with Crippen LogP contribution >= 0.6 is 35.0 Å². The van der Waals surface area contributed by atoms with E-state index in [1.165, 1.54) is 35.7 Å². The number of nitrogens with one attached hydrogen (secondary N) is 1. The highest BCUT2D eigenvalue weighted by Gasteiger charge is 2.23. The fourth-order valence-corrected chi connectivity index (χ4v) is 4.04. The number of amides is 1. The molecule has 0 aromatic carbocycles. The molecule has 2 aromatic rings. The molecule has 2 heterocycles. The molecule has 0 unspecified atom stereocenters. The second-order valence-corrected chi connectivity index (χ2v) is 8.03. The molecule has 0 radical (unpaired) electrons. The summed E-state index contributed by atoms with van der Waals surface area (Å²) in [5.41, 5.74) is 0.595. The molecule has 1 aliphatic rings. The van der Waals surface area contributed by atoms with Gasteiger partial charge in [0.05, 0.1) is 21.5 Å². The Balaban J connectivity index is 1.60. The van der Waals surface area contributed by atoms with Gasteiger partial charge in [-0.2, -0.15) is 0 Å². The lowest BCUT2D eigenvalue weighted by atomic mass is 9.89. The number of pyridine rings is 1. The molecule has 1 aliphatic carbocycles. The number of hydrogen-bond donors (Lipinski definition) is 2. The first-order valence-electron chi connectivity index (χ1n) is 8.41. The van der Waals surface area contributed by atoms with Gasteiger partial charge in [-0.15, -0.1) is 10.2 Å². The van der Waals surface area contributed by atoms with E-state index in [0.717, 1.165) is 18.7 Å². The van der Waals surface area contributed by atoms with E-state index < -0.39 is 0 Å².